The van der Waals surface area contributed by atoms with Crippen LogP contribution in [-0.4, -0.2) is 41.1 Å². The van der Waals surface area contributed by atoms with Crippen molar-refractivity contribution >= 4 is 11.9 Å². The molecule has 1 aromatic rings. The van der Waals surface area contributed by atoms with Crippen molar-refractivity contribution < 1.29 is 27.9 Å². The van der Waals surface area contributed by atoms with Gasteiger partial charge in [-0.05, 0) is 17.5 Å². The predicted octanol–water partition coefficient (Wildman–Crippen LogP) is 2.51. The Labute approximate surface area is 131 Å². The average molecular weight is 329 g/mol. The molecule has 4 nitrogen and oxygen atoms in total. The molecule has 0 bridgehead atoms. The summed E-state index contributed by atoms with van der Waals surface area (Å²) in [6, 6.07) is 7.24. The summed E-state index contributed by atoms with van der Waals surface area (Å²) in [5.74, 6) is -5.59. The van der Waals surface area contributed by atoms with Crippen LogP contribution >= 0.6 is 0 Å². The molecular weight excluding hydrogens is 311 g/mol. The van der Waals surface area contributed by atoms with Gasteiger partial charge in [-0.15, -0.1) is 0 Å². The molecule has 0 spiro atoms. The van der Waals surface area contributed by atoms with Crippen LogP contribution in [0.5, 0.6) is 0 Å². The lowest BCUT2D eigenvalue weighted by atomic mass is 9.96. The second kappa shape index (κ2) is 6.60. The molecule has 1 aromatic carbocycles. The zero-order chi connectivity index (χ0) is 17.2. The predicted molar refractivity (Wildman–Crippen MR) is 76.8 cm³/mol. The SMILES string of the molecule is CCc1ccccc1CC(=O)N1C[C@@H](C(F)(F)F)[C@H](C(=O)O)C1. The number of carboxylic acids is 1. The van der Waals surface area contributed by atoms with Gasteiger partial charge < -0.3 is 10.0 Å². The molecule has 1 amide bonds. The smallest absolute Gasteiger partial charge is 0.394 e. The Bertz CT molecular complexity index is 600. The van der Waals surface area contributed by atoms with Crippen LogP contribution in [-0.2, 0) is 22.4 Å². The number of benzene rings is 1. The molecule has 1 N–H and O–H groups in total. The molecule has 1 aliphatic rings. The summed E-state index contributed by atoms with van der Waals surface area (Å²) in [5, 5.41) is 8.98. The first kappa shape index (κ1) is 17.3. The second-order valence-electron chi connectivity index (χ2n) is 5.69. The second-order valence-corrected chi connectivity index (χ2v) is 5.69. The molecule has 1 aliphatic heterocycles. The van der Waals surface area contributed by atoms with E-state index in [1.807, 2.05) is 19.1 Å². The number of aliphatic carboxylic acids is 1. The van der Waals surface area contributed by atoms with Crippen LogP contribution in [0, 0.1) is 11.8 Å². The standard InChI is InChI=1S/C16H18F3NO3/c1-2-10-5-3-4-6-11(10)7-14(21)20-8-12(15(22)23)13(9-20)16(17,18)19/h3-6,12-13H,2,7-9H2,1H3,(H,22,23)/t12-,13-/m1/s1. The highest BCUT2D eigenvalue weighted by Crippen LogP contribution is 2.37. The normalized spacial score (nSPS) is 21.5. The van der Waals surface area contributed by atoms with E-state index >= 15 is 0 Å². The third-order valence-electron chi connectivity index (χ3n) is 4.25. The van der Waals surface area contributed by atoms with Gasteiger partial charge in [-0.25, -0.2) is 0 Å². The molecule has 0 saturated carbocycles. The number of likely N-dealkylation sites (tertiary alicyclic amines) is 1. The maximum absolute atomic E-state index is 13.0. The molecule has 23 heavy (non-hydrogen) atoms. The van der Waals surface area contributed by atoms with Gasteiger partial charge in [0.05, 0.1) is 18.3 Å². The third kappa shape index (κ3) is 3.83. The number of carboxylic acid groups (broad SMARTS) is 1. The van der Waals surface area contributed by atoms with Gasteiger partial charge in [-0.1, -0.05) is 31.2 Å². The van der Waals surface area contributed by atoms with E-state index in [1.54, 1.807) is 12.1 Å². The van der Waals surface area contributed by atoms with E-state index < -0.39 is 43.0 Å². The van der Waals surface area contributed by atoms with Crippen LogP contribution in [0.3, 0.4) is 0 Å². The van der Waals surface area contributed by atoms with Gasteiger partial charge in [0, 0.05) is 13.1 Å². The zero-order valence-electron chi connectivity index (χ0n) is 12.6. The van der Waals surface area contributed by atoms with Crippen molar-refractivity contribution in [2.24, 2.45) is 11.8 Å². The summed E-state index contributed by atoms with van der Waals surface area (Å²) in [6.45, 7) is 0.944. The lowest BCUT2D eigenvalue weighted by molar-refractivity contribution is -0.188. The van der Waals surface area contributed by atoms with Gasteiger partial charge in [-0.2, -0.15) is 13.2 Å². The van der Waals surface area contributed by atoms with Crippen LogP contribution in [0.4, 0.5) is 13.2 Å². The number of nitrogens with zero attached hydrogens (tertiary/aromatic N) is 1. The minimum atomic E-state index is -4.63. The highest BCUT2D eigenvalue weighted by Gasteiger charge is 2.53. The van der Waals surface area contributed by atoms with Gasteiger partial charge in [0.2, 0.25) is 5.91 Å². The molecule has 0 aliphatic carbocycles. The van der Waals surface area contributed by atoms with Crippen molar-refractivity contribution in [1.82, 2.24) is 4.90 Å². The summed E-state index contributed by atoms with van der Waals surface area (Å²) >= 11 is 0. The van der Waals surface area contributed by atoms with Crippen LogP contribution in [0.15, 0.2) is 24.3 Å². The molecule has 0 radical (unpaired) electrons. The molecule has 1 heterocycles. The van der Waals surface area contributed by atoms with Gasteiger partial charge in [0.15, 0.2) is 0 Å². The molecule has 2 atom stereocenters. The summed E-state index contributed by atoms with van der Waals surface area (Å²) in [7, 11) is 0. The number of hydrogen-bond acceptors (Lipinski definition) is 2. The maximum atomic E-state index is 13.0. The number of carbonyl (C=O) groups is 2. The van der Waals surface area contributed by atoms with Crippen molar-refractivity contribution in [3.05, 3.63) is 35.4 Å². The van der Waals surface area contributed by atoms with E-state index in [1.165, 1.54) is 0 Å². The van der Waals surface area contributed by atoms with Crippen molar-refractivity contribution in [1.29, 1.82) is 0 Å². The van der Waals surface area contributed by atoms with E-state index in [4.69, 9.17) is 5.11 Å². The van der Waals surface area contributed by atoms with Gasteiger partial charge in [0.1, 0.15) is 0 Å². The molecule has 0 unspecified atom stereocenters. The number of hydrogen-bond donors (Lipinski definition) is 1. The third-order valence-corrected chi connectivity index (χ3v) is 4.25. The van der Waals surface area contributed by atoms with Gasteiger partial charge in [-0.3, -0.25) is 9.59 Å². The van der Waals surface area contributed by atoms with E-state index in [9.17, 15) is 22.8 Å². The Morgan fingerprint density at radius 1 is 1.22 bits per heavy atom. The number of carbonyl (C=O) groups excluding carboxylic acids is 1. The summed E-state index contributed by atoms with van der Waals surface area (Å²) in [4.78, 5) is 24.4. The Morgan fingerprint density at radius 2 is 1.83 bits per heavy atom. The van der Waals surface area contributed by atoms with Crippen molar-refractivity contribution in [2.75, 3.05) is 13.1 Å². The van der Waals surface area contributed by atoms with Gasteiger partial charge in [0.25, 0.3) is 0 Å². The fourth-order valence-electron chi connectivity index (χ4n) is 2.94. The Morgan fingerprint density at radius 3 is 2.30 bits per heavy atom. The largest absolute Gasteiger partial charge is 0.481 e. The van der Waals surface area contributed by atoms with Gasteiger partial charge >= 0.3 is 12.1 Å². The number of rotatable bonds is 4. The summed E-state index contributed by atoms with van der Waals surface area (Å²) in [5.41, 5.74) is 1.73. The number of amides is 1. The molecule has 1 saturated heterocycles. The van der Waals surface area contributed by atoms with E-state index in [0.717, 1.165) is 16.0 Å². The molecule has 1 fully saturated rings. The molecule has 126 valence electrons. The monoisotopic (exact) mass is 329 g/mol. The van der Waals surface area contributed by atoms with E-state index in [0.29, 0.717) is 6.42 Å². The fraction of sp³-hybridized carbons (Fsp3) is 0.500. The summed E-state index contributed by atoms with van der Waals surface area (Å²) in [6.07, 6.45) is -3.92. The van der Waals surface area contributed by atoms with Crippen LogP contribution in [0.2, 0.25) is 0 Å². The highest BCUT2D eigenvalue weighted by atomic mass is 19.4. The Hall–Kier alpha value is -2.05. The average Bonchev–Trinajstić information content (AvgIpc) is 2.93. The first-order chi connectivity index (χ1) is 10.7. The molecular formula is C16H18F3NO3. The zero-order valence-corrected chi connectivity index (χ0v) is 12.6. The van der Waals surface area contributed by atoms with Crippen LogP contribution in [0.25, 0.3) is 0 Å². The molecule has 2 rings (SSSR count). The lowest BCUT2D eigenvalue weighted by Crippen LogP contribution is -2.34. The van der Waals surface area contributed by atoms with Crippen molar-refractivity contribution in [3.63, 3.8) is 0 Å². The number of alkyl halides is 3. The van der Waals surface area contributed by atoms with Crippen molar-refractivity contribution in [2.45, 2.75) is 25.9 Å². The van der Waals surface area contributed by atoms with E-state index in [-0.39, 0.29) is 6.42 Å². The quantitative estimate of drug-likeness (QED) is 0.923. The Balaban J connectivity index is 2.13. The molecule has 0 aromatic heterocycles. The number of halogens is 3. The van der Waals surface area contributed by atoms with E-state index in [2.05, 4.69) is 0 Å². The van der Waals surface area contributed by atoms with Crippen molar-refractivity contribution in [3.8, 4) is 0 Å². The highest BCUT2D eigenvalue weighted by molar-refractivity contribution is 5.81. The molecule has 7 heteroatoms. The fourth-order valence-corrected chi connectivity index (χ4v) is 2.94. The topological polar surface area (TPSA) is 57.6 Å². The summed E-state index contributed by atoms with van der Waals surface area (Å²) < 4.78 is 38.9. The first-order valence-electron chi connectivity index (χ1n) is 7.38. The minimum absolute atomic E-state index is 0.0130. The van der Waals surface area contributed by atoms with Crippen LogP contribution < -0.4 is 0 Å². The lowest BCUT2D eigenvalue weighted by Gasteiger charge is -2.19. The van der Waals surface area contributed by atoms with Crippen LogP contribution in [0.1, 0.15) is 18.1 Å². The number of aryl methyl sites for hydroxylation is 1. The first-order valence-corrected chi connectivity index (χ1v) is 7.38. The maximum Gasteiger partial charge on any atom is 0.394 e. The Kier molecular flexibility index (Phi) is 4.97. The minimum Gasteiger partial charge on any atom is -0.481 e.